The molecule has 0 bridgehead atoms. The number of halogens is 1. The van der Waals surface area contributed by atoms with Crippen molar-refractivity contribution in [1.29, 1.82) is 0 Å². The van der Waals surface area contributed by atoms with E-state index in [1.807, 2.05) is 26.0 Å². The van der Waals surface area contributed by atoms with Crippen molar-refractivity contribution in [3.05, 3.63) is 59.9 Å². The van der Waals surface area contributed by atoms with E-state index >= 15 is 0 Å². The fourth-order valence-electron chi connectivity index (χ4n) is 2.69. The lowest BCUT2D eigenvalue weighted by atomic mass is 10.1. The summed E-state index contributed by atoms with van der Waals surface area (Å²) < 4.78 is 19.0. The molecule has 3 aromatic heterocycles. The number of rotatable bonds is 4. The summed E-state index contributed by atoms with van der Waals surface area (Å²) in [6.45, 7) is 3.85. The molecule has 0 aliphatic heterocycles. The lowest BCUT2D eigenvalue weighted by Gasteiger charge is -2.13. The van der Waals surface area contributed by atoms with Crippen LogP contribution in [0.3, 0.4) is 0 Å². The van der Waals surface area contributed by atoms with Gasteiger partial charge in [-0.2, -0.15) is 4.98 Å². The average molecular weight is 349 g/mol. The average Bonchev–Trinajstić information content (AvgIpc) is 3.11. The zero-order valence-electron chi connectivity index (χ0n) is 14.3. The van der Waals surface area contributed by atoms with E-state index < -0.39 is 0 Å². The zero-order chi connectivity index (χ0) is 18.1. The van der Waals surface area contributed by atoms with Crippen LogP contribution >= 0.6 is 0 Å². The van der Waals surface area contributed by atoms with E-state index in [9.17, 15) is 4.39 Å². The van der Waals surface area contributed by atoms with Gasteiger partial charge in [0.1, 0.15) is 5.82 Å². The molecule has 4 aromatic rings. The first-order valence-corrected chi connectivity index (χ1v) is 8.26. The minimum atomic E-state index is -0.324. The van der Waals surface area contributed by atoms with Crippen molar-refractivity contribution < 1.29 is 8.91 Å². The topological polar surface area (TPSA) is 76.7 Å². The molecule has 7 heteroatoms. The molecule has 0 saturated heterocycles. The summed E-state index contributed by atoms with van der Waals surface area (Å²) >= 11 is 0. The number of aryl methyl sites for hydroxylation is 2. The van der Waals surface area contributed by atoms with E-state index in [0.717, 1.165) is 11.1 Å². The number of hydrogen-bond donors (Lipinski definition) is 1. The molecular weight excluding hydrogens is 333 g/mol. The molecule has 130 valence electrons. The molecule has 0 unspecified atom stereocenters. The van der Waals surface area contributed by atoms with Gasteiger partial charge in [0.05, 0.1) is 11.3 Å². The Morgan fingerprint density at radius 1 is 1.15 bits per heavy atom. The number of aromatic nitrogens is 4. The molecule has 0 saturated carbocycles. The van der Waals surface area contributed by atoms with Gasteiger partial charge in [-0.3, -0.25) is 0 Å². The Bertz CT molecular complexity index is 1090. The number of nitrogens with one attached hydrogen (secondary N) is 1. The first-order chi connectivity index (χ1) is 12.6. The van der Waals surface area contributed by atoms with Gasteiger partial charge >= 0.3 is 0 Å². The lowest BCUT2D eigenvalue weighted by molar-refractivity contribution is 0.423. The summed E-state index contributed by atoms with van der Waals surface area (Å²) in [5, 5.41) is 7.99. The molecular formula is C19H16FN5O. The van der Waals surface area contributed by atoms with E-state index in [4.69, 9.17) is 4.52 Å². The van der Waals surface area contributed by atoms with Gasteiger partial charge in [0.15, 0.2) is 11.5 Å². The predicted molar refractivity (Wildman–Crippen MR) is 96.6 cm³/mol. The predicted octanol–water partition coefficient (Wildman–Crippen LogP) is 4.43. The fourth-order valence-corrected chi connectivity index (χ4v) is 2.69. The van der Waals surface area contributed by atoms with E-state index in [1.54, 1.807) is 18.3 Å². The molecule has 6 nitrogen and oxygen atoms in total. The molecule has 1 N–H and O–H groups in total. The lowest BCUT2D eigenvalue weighted by Crippen LogP contribution is -1.99. The van der Waals surface area contributed by atoms with Gasteiger partial charge in [0.25, 0.3) is 5.89 Å². The molecule has 0 amide bonds. The maximum Gasteiger partial charge on any atom is 0.261 e. The molecule has 0 aliphatic rings. The summed E-state index contributed by atoms with van der Waals surface area (Å²) in [5.41, 5.74) is 3.39. The van der Waals surface area contributed by atoms with Crippen molar-refractivity contribution in [3.8, 4) is 11.5 Å². The quantitative estimate of drug-likeness (QED) is 0.587. The highest BCUT2D eigenvalue weighted by Crippen LogP contribution is 2.34. The van der Waals surface area contributed by atoms with Gasteiger partial charge in [-0.15, -0.1) is 0 Å². The van der Waals surface area contributed by atoms with Crippen LogP contribution in [0.2, 0.25) is 0 Å². The number of fused-ring (bicyclic) bond motifs is 1. The third kappa shape index (κ3) is 2.99. The number of anilines is 2. The highest BCUT2D eigenvalue weighted by Gasteiger charge is 2.17. The molecule has 1 aromatic carbocycles. The van der Waals surface area contributed by atoms with Crippen molar-refractivity contribution in [2.75, 3.05) is 5.32 Å². The monoisotopic (exact) mass is 349 g/mol. The van der Waals surface area contributed by atoms with Crippen molar-refractivity contribution >= 4 is 22.4 Å². The Hall–Kier alpha value is -3.35. The van der Waals surface area contributed by atoms with E-state index in [1.165, 1.54) is 12.1 Å². The van der Waals surface area contributed by atoms with Crippen LogP contribution in [0, 0.1) is 12.7 Å². The smallest absolute Gasteiger partial charge is 0.261 e. The Morgan fingerprint density at radius 2 is 2.04 bits per heavy atom. The van der Waals surface area contributed by atoms with Crippen molar-refractivity contribution in [1.82, 2.24) is 20.1 Å². The third-order valence-electron chi connectivity index (χ3n) is 3.98. The van der Waals surface area contributed by atoms with Crippen LogP contribution in [0.25, 0.3) is 22.5 Å². The van der Waals surface area contributed by atoms with Crippen LogP contribution in [0.15, 0.2) is 47.1 Å². The summed E-state index contributed by atoms with van der Waals surface area (Å²) in [6, 6.07) is 10.1. The van der Waals surface area contributed by atoms with Gasteiger partial charge in [-0.25, -0.2) is 14.4 Å². The van der Waals surface area contributed by atoms with Crippen LogP contribution in [-0.4, -0.2) is 20.1 Å². The van der Waals surface area contributed by atoms with E-state index in [-0.39, 0.29) is 5.82 Å². The Balaban J connectivity index is 1.91. The molecule has 0 aliphatic carbocycles. The van der Waals surface area contributed by atoms with Crippen molar-refractivity contribution in [3.63, 3.8) is 0 Å². The Morgan fingerprint density at radius 3 is 2.81 bits per heavy atom. The highest BCUT2D eigenvalue weighted by molar-refractivity contribution is 5.98. The summed E-state index contributed by atoms with van der Waals surface area (Å²) in [4.78, 5) is 13.3. The van der Waals surface area contributed by atoms with Crippen molar-refractivity contribution in [2.45, 2.75) is 20.3 Å². The van der Waals surface area contributed by atoms with Crippen LogP contribution < -0.4 is 5.32 Å². The molecule has 0 spiro atoms. The fraction of sp³-hybridized carbons (Fsp3) is 0.158. The Labute approximate surface area is 149 Å². The number of nitrogens with zero attached hydrogens (tertiary/aromatic N) is 4. The Kier molecular flexibility index (Phi) is 4.04. The van der Waals surface area contributed by atoms with Crippen LogP contribution in [0.5, 0.6) is 0 Å². The molecule has 0 radical (unpaired) electrons. The second-order valence-corrected chi connectivity index (χ2v) is 5.88. The second kappa shape index (κ2) is 6.51. The number of pyridine rings is 2. The maximum absolute atomic E-state index is 13.6. The summed E-state index contributed by atoms with van der Waals surface area (Å²) in [7, 11) is 0. The minimum absolute atomic E-state index is 0.324. The highest BCUT2D eigenvalue weighted by atomic mass is 19.1. The molecule has 0 atom stereocenters. The summed E-state index contributed by atoms with van der Waals surface area (Å²) in [6.07, 6.45) is 2.31. The van der Waals surface area contributed by atoms with Crippen molar-refractivity contribution in [2.24, 2.45) is 0 Å². The van der Waals surface area contributed by atoms with Gasteiger partial charge in [0, 0.05) is 29.4 Å². The molecule has 4 rings (SSSR count). The van der Waals surface area contributed by atoms with E-state index in [2.05, 4.69) is 25.4 Å². The van der Waals surface area contributed by atoms with Crippen LogP contribution in [0.4, 0.5) is 15.8 Å². The largest absolute Gasteiger partial charge is 0.354 e. The van der Waals surface area contributed by atoms with E-state index in [0.29, 0.717) is 40.7 Å². The molecule has 3 heterocycles. The second-order valence-electron chi connectivity index (χ2n) is 5.88. The zero-order valence-corrected chi connectivity index (χ0v) is 14.3. The number of hydrogen-bond acceptors (Lipinski definition) is 6. The van der Waals surface area contributed by atoms with Crippen LogP contribution in [0.1, 0.15) is 18.4 Å². The van der Waals surface area contributed by atoms with Gasteiger partial charge in [-0.05, 0) is 37.3 Å². The van der Waals surface area contributed by atoms with Gasteiger partial charge in [-0.1, -0.05) is 18.1 Å². The SMILES string of the molecule is CCc1noc(-c2cnc3nc(C)ccc3c2Nc2cccc(F)c2)n1. The summed E-state index contributed by atoms with van der Waals surface area (Å²) in [5.74, 6) is 0.643. The first-order valence-electron chi connectivity index (χ1n) is 8.26. The minimum Gasteiger partial charge on any atom is -0.354 e. The first kappa shape index (κ1) is 16.1. The maximum atomic E-state index is 13.6. The molecule has 0 fully saturated rings. The third-order valence-corrected chi connectivity index (χ3v) is 3.98. The number of benzene rings is 1. The van der Waals surface area contributed by atoms with Gasteiger partial charge < -0.3 is 9.84 Å². The van der Waals surface area contributed by atoms with Gasteiger partial charge in [0.2, 0.25) is 0 Å². The van der Waals surface area contributed by atoms with Crippen LogP contribution in [-0.2, 0) is 6.42 Å². The molecule has 26 heavy (non-hydrogen) atoms. The normalized spacial score (nSPS) is 11.0. The standard InChI is InChI=1S/C19H16FN5O/c1-3-16-24-19(26-25-16)15-10-21-18-14(8-7-11(2)22-18)17(15)23-13-6-4-5-12(20)9-13/h4-10H,3H2,1-2H3,(H,21,22,23).